The van der Waals surface area contributed by atoms with Gasteiger partial charge in [-0.25, -0.2) is 0 Å². The van der Waals surface area contributed by atoms with Crippen LogP contribution in [0.2, 0.25) is 0 Å². The number of halogens is 1. The van der Waals surface area contributed by atoms with Crippen LogP contribution in [0.1, 0.15) is 6.42 Å². The van der Waals surface area contributed by atoms with Crippen molar-refractivity contribution in [1.29, 1.82) is 0 Å². The van der Waals surface area contributed by atoms with Crippen LogP contribution in [0, 0.1) is 5.92 Å². The summed E-state index contributed by atoms with van der Waals surface area (Å²) in [6, 6.07) is 10.7. The Morgan fingerprint density at radius 3 is 2.65 bits per heavy atom. The molecule has 1 atom stereocenters. The molecule has 1 aromatic carbocycles. The Balaban J connectivity index is 0.00000243. The average molecular weight is 473 g/mol. The molecule has 2 N–H and O–H groups in total. The van der Waals surface area contributed by atoms with E-state index in [-0.39, 0.29) is 24.0 Å². The molecule has 146 valence electrons. The molecule has 0 aromatic heterocycles. The van der Waals surface area contributed by atoms with Gasteiger partial charge in [0.15, 0.2) is 5.96 Å². The first-order chi connectivity index (χ1) is 12.3. The van der Waals surface area contributed by atoms with E-state index in [1.54, 1.807) is 0 Å². The maximum absolute atomic E-state index is 5.38. The third-order valence-electron chi connectivity index (χ3n) is 5.01. The van der Waals surface area contributed by atoms with E-state index in [0.29, 0.717) is 5.92 Å². The molecular formula is C19H32IN5O. The summed E-state index contributed by atoms with van der Waals surface area (Å²) in [5, 5.41) is 6.92. The maximum Gasteiger partial charge on any atom is 0.191 e. The van der Waals surface area contributed by atoms with Crippen LogP contribution in [0.4, 0.5) is 5.69 Å². The largest absolute Gasteiger partial charge is 0.379 e. The van der Waals surface area contributed by atoms with Gasteiger partial charge >= 0.3 is 0 Å². The molecule has 0 saturated carbocycles. The second-order valence-electron chi connectivity index (χ2n) is 6.77. The summed E-state index contributed by atoms with van der Waals surface area (Å²) in [6.07, 6.45) is 1.23. The van der Waals surface area contributed by atoms with Crippen molar-refractivity contribution in [2.75, 3.05) is 71.0 Å². The predicted octanol–water partition coefficient (Wildman–Crippen LogP) is 1.63. The Morgan fingerprint density at radius 1 is 1.15 bits per heavy atom. The molecule has 1 aromatic rings. The first kappa shape index (κ1) is 21.2. The van der Waals surface area contributed by atoms with Gasteiger partial charge in [0, 0.05) is 58.5 Å². The molecule has 0 aliphatic carbocycles. The quantitative estimate of drug-likeness (QED) is 0.374. The monoisotopic (exact) mass is 473 g/mol. The number of morpholine rings is 1. The number of ether oxygens (including phenoxy) is 1. The zero-order valence-electron chi connectivity index (χ0n) is 15.7. The second kappa shape index (κ2) is 11.6. The summed E-state index contributed by atoms with van der Waals surface area (Å²) < 4.78 is 5.38. The second-order valence-corrected chi connectivity index (χ2v) is 6.77. The number of nitrogens with one attached hydrogen (secondary N) is 2. The topological polar surface area (TPSA) is 52.1 Å². The highest BCUT2D eigenvalue weighted by molar-refractivity contribution is 14.0. The number of para-hydroxylation sites is 1. The van der Waals surface area contributed by atoms with Crippen molar-refractivity contribution in [3.05, 3.63) is 30.3 Å². The highest BCUT2D eigenvalue weighted by Crippen LogP contribution is 2.22. The van der Waals surface area contributed by atoms with Gasteiger partial charge < -0.3 is 20.3 Å². The average Bonchev–Trinajstić information content (AvgIpc) is 3.15. The highest BCUT2D eigenvalue weighted by atomic mass is 127. The first-order valence-corrected chi connectivity index (χ1v) is 9.40. The van der Waals surface area contributed by atoms with Crippen molar-refractivity contribution in [1.82, 2.24) is 15.5 Å². The van der Waals surface area contributed by atoms with Crippen LogP contribution < -0.4 is 15.5 Å². The van der Waals surface area contributed by atoms with Crippen LogP contribution in [0.5, 0.6) is 0 Å². The number of nitrogens with zero attached hydrogens (tertiary/aromatic N) is 3. The summed E-state index contributed by atoms with van der Waals surface area (Å²) in [5.74, 6) is 1.57. The minimum Gasteiger partial charge on any atom is -0.379 e. The zero-order valence-corrected chi connectivity index (χ0v) is 18.0. The lowest BCUT2D eigenvalue weighted by molar-refractivity contribution is 0.0389. The highest BCUT2D eigenvalue weighted by Gasteiger charge is 2.22. The normalized spacial score (nSPS) is 21.3. The fourth-order valence-corrected chi connectivity index (χ4v) is 3.49. The van der Waals surface area contributed by atoms with Gasteiger partial charge in [-0.05, 0) is 24.5 Å². The summed E-state index contributed by atoms with van der Waals surface area (Å²) >= 11 is 0. The molecule has 1 unspecified atom stereocenters. The van der Waals surface area contributed by atoms with Crippen molar-refractivity contribution in [3.8, 4) is 0 Å². The summed E-state index contributed by atoms with van der Waals surface area (Å²) in [5.41, 5.74) is 1.33. The van der Waals surface area contributed by atoms with Crippen molar-refractivity contribution in [2.45, 2.75) is 6.42 Å². The number of anilines is 1. The molecule has 26 heavy (non-hydrogen) atoms. The van der Waals surface area contributed by atoms with Gasteiger partial charge in [0.1, 0.15) is 0 Å². The molecule has 3 rings (SSSR count). The Morgan fingerprint density at radius 2 is 1.92 bits per heavy atom. The lowest BCUT2D eigenvalue weighted by Gasteiger charge is -2.26. The molecule has 2 aliphatic heterocycles. The van der Waals surface area contributed by atoms with E-state index in [4.69, 9.17) is 4.74 Å². The molecule has 0 spiro atoms. The van der Waals surface area contributed by atoms with E-state index < -0.39 is 0 Å². The predicted molar refractivity (Wildman–Crippen MR) is 119 cm³/mol. The maximum atomic E-state index is 5.38. The zero-order chi connectivity index (χ0) is 17.3. The van der Waals surface area contributed by atoms with E-state index >= 15 is 0 Å². The van der Waals surface area contributed by atoms with Crippen molar-refractivity contribution in [2.24, 2.45) is 10.9 Å². The number of aliphatic imine (C=N–C) groups is 1. The molecule has 2 saturated heterocycles. The van der Waals surface area contributed by atoms with Crippen molar-refractivity contribution < 1.29 is 4.74 Å². The number of hydrogen-bond donors (Lipinski definition) is 2. The van der Waals surface area contributed by atoms with Gasteiger partial charge in [0.2, 0.25) is 0 Å². The number of benzene rings is 1. The van der Waals surface area contributed by atoms with E-state index in [2.05, 4.69) is 55.8 Å². The number of hydrogen-bond acceptors (Lipinski definition) is 4. The third kappa shape index (κ3) is 6.59. The van der Waals surface area contributed by atoms with Gasteiger partial charge in [-0.1, -0.05) is 18.2 Å². The van der Waals surface area contributed by atoms with Crippen molar-refractivity contribution >= 4 is 35.6 Å². The molecule has 2 aliphatic rings. The van der Waals surface area contributed by atoms with E-state index in [1.165, 1.54) is 12.1 Å². The third-order valence-corrected chi connectivity index (χ3v) is 5.01. The smallest absolute Gasteiger partial charge is 0.191 e. The number of guanidine groups is 1. The molecular weight excluding hydrogens is 441 g/mol. The summed E-state index contributed by atoms with van der Waals surface area (Å²) in [4.78, 5) is 9.25. The van der Waals surface area contributed by atoms with Crippen LogP contribution in [0.25, 0.3) is 0 Å². The molecule has 6 nitrogen and oxygen atoms in total. The minimum atomic E-state index is 0. The van der Waals surface area contributed by atoms with Crippen LogP contribution >= 0.6 is 24.0 Å². The standard InChI is InChI=1S/C19H31N5O.HI/c1-20-19(21-8-10-23-11-13-25-14-12-23)22-15-17-7-9-24(16-17)18-5-3-2-4-6-18;/h2-6,17H,7-16H2,1H3,(H2,20,21,22);1H. The van der Waals surface area contributed by atoms with Gasteiger partial charge in [-0.15, -0.1) is 24.0 Å². The number of rotatable bonds is 6. The van der Waals surface area contributed by atoms with Crippen LogP contribution in [-0.4, -0.2) is 76.9 Å². The fraction of sp³-hybridized carbons (Fsp3) is 0.632. The Hall–Kier alpha value is -1.06. The van der Waals surface area contributed by atoms with E-state index in [1.807, 2.05) is 7.05 Å². The molecule has 0 amide bonds. The van der Waals surface area contributed by atoms with Gasteiger partial charge in [-0.3, -0.25) is 9.89 Å². The molecule has 0 bridgehead atoms. The van der Waals surface area contributed by atoms with Crippen LogP contribution in [0.3, 0.4) is 0 Å². The Bertz CT molecular complexity index is 536. The SMILES string of the molecule is CN=C(NCCN1CCOCC1)NCC1CCN(c2ccccc2)C1.I. The molecule has 2 heterocycles. The van der Waals surface area contributed by atoms with E-state index in [0.717, 1.165) is 65.0 Å². The fourth-order valence-electron chi connectivity index (χ4n) is 3.49. The van der Waals surface area contributed by atoms with Crippen LogP contribution in [0.15, 0.2) is 35.3 Å². The van der Waals surface area contributed by atoms with Gasteiger partial charge in [0.05, 0.1) is 13.2 Å². The first-order valence-electron chi connectivity index (χ1n) is 9.40. The summed E-state index contributed by atoms with van der Waals surface area (Å²) in [6.45, 7) is 8.95. The molecule has 0 radical (unpaired) electrons. The Kier molecular flexibility index (Phi) is 9.49. The van der Waals surface area contributed by atoms with E-state index in [9.17, 15) is 0 Å². The lowest BCUT2D eigenvalue weighted by Crippen LogP contribution is -2.45. The van der Waals surface area contributed by atoms with Gasteiger partial charge in [-0.2, -0.15) is 0 Å². The van der Waals surface area contributed by atoms with Crippen LogP contribution in [-0.2, 0) is 4.74 Å². The Labute approximate surface area is 174 Å². The van der Waals surface area contributed by atoms with Gasteiger partial charge in [0.25, 0.3) is 0 Å². The lowest BCUT2D eigenvalue weighted by atomic mass is 10.1. The molecule has 2 fully saturated rings. The molecule has 7 heteroatoms. The van der Waals surface area contributed by atoms with Crippen molar-refractivity contribution in [3.63, 3.8) is 0 Å². The minimum absolute atomic E-state index is 0. The summed E-state index contributed by atoms with van der Waals surface area (Å²) in [7, 11) is 1.84.